The summed E-state index contributed by atoms with van der Waals surface area (Å²) in [6, 6.07) is 15.5. The van der Waals surface area contributed by atoms with Gasteiger partial charge in [0, 0.05) is 0 Å². The molecule has 0 saturated carbocycles. The fourth-order valence-electron chi connectivity index (χ4n) is 2.12. The lowest BCUT2D eigenvalue weighted by atomic mass is 10.2. The normalized spacial score (nSPS) is 11.1. The molecule has 0 aliphatic carbocycles. The van der Waals surface area contributed by atoms with Crippen LogP contribution in [0.25, 0.3) is 10.2 Å². The van der Waals surface area contributed by atoms with Crippen molar-refractivity contribution in [3.63, 3.8) is 0 Å². The van der Waals surface area contributed by atoms with Gasteiger partial charge in [0.25, 0.3) is 5.91 Å². The van der Waals surface area contributed by atoms with E-state index >= 15 is 0 Å². The minimum atomic E-state index is -0.159. The molecule has 0 aliphatic heterocycles. The number of amides is 1. The first kappa shape index (κ1) is 18.4. The van der Waals surface area contributed by atoms with Crippen LogP contribution in [0.4, 0.5) is 0 Å². The number of nitrogens with zero attached hydrogens (tertiary/aromatic N) is 2. The Hall–Kier alpha value is -2.38. The number of carbonyl (C=O) groups is 1. The molecule has 0 spiro atoms. The number of hydrogen-bond acceptors (Lipinski definition) is 6. The van der Waals surface area contributed by atoms with Gasteiger partial charge >= 0.3 is 0 Å². The zero-order chi connectivity index (χ0) is 18.2. The number of thioether (sulfide) groups is 1. The van der Waals surface area contributed by atoms with Crippen LogP contribution in [0.1, 0.15) is 18.9 Å². The summed E-state index contributed by atoms with van der Waals surface area (Å²) in [5, 5.41) is 3.99. The van der Waals surface area contributed by atoms with Gasteiger partial charge in [0.1, 0.15) is 5.75 Å². The minimum absolute atomic E-state index is 0.159. The van der Waals surface area contributed by atoms with E-state index in [4.69, 9.17) is 4.74 Å². The van der Waals surface area contributed by atoms with Crippen LogP contribution in [-0.2, 0) is 4.79 Å². The topological polar surface area (TPSA) is 63.6 Å². The number of fused-ring (bicyclic) bond motifs is 1. The van der Waals surface area contributed by atoms with Gasteiger partial charge in [-0.25, -0.2) is 10.4 Å². The molecule has 3 rings (SSSR count). The van der Waals surface area contributed by atoms with Crippen LogP contribution in [0.2, 0.25) is 0 Å². The first-order valence-electron chi connectivity index (χ1n) is 8.28. The predicted molar refractivity (Wildman–Crippen MR) is 108 cm³/mol. The molecule has 2 aromatic carbocycles. The van der Waals surface area contributed by atoms with Crippen LogP contribution in [0.5, 0.6) is 5.75 Å². The van der Waals surface area contributed by atoms with Crippen molar-refractivity contribution >= 4 is 45.4 Å². The van der Waals surface area contributed by atoms with E-state index in [0.29, 0.717) is 6.61 Å². The maximum Gasteiger partial charge on any atom is 0.250 e. The summed E-state index contributed by atoms with van der Waals surface area (Å²) < 4.78 is 7.53. The van der Waals surface area contributed by atoms with Crippen LogP contribution < -0.4 is 10.2 Å². The van der Waals surface area contributed by atoms with E-state index in [0.717, 1.165) is 32.3 Å². The SMILES string of the molecule is CCCOc1ccc(/C=N\NC(=O)CSc2nc3ccccc3s2)cc1. The van der Waals surface area contributed by atoms with Gasteiger partial charge in [-0.1, -0.05) is 30.8 Å². The highest BCUT2D eigenvalue weighted by Crippen LogP contribution is 2.28. The number of benzene rings is 2. The Morgan fingerprint density at radius 3 is 2.85 bits per heavy atom. The second-order valence-electron chi connectivity index (χ2n) is 5.45. The molecule has 1 heterocycles. The number of hydrazone groups is 1. The molecule has 7 heteroatoms. The van der Waals surface area contributed by atoms with Gasteiger partial charge in [-0.3, -0.25) is 4.79 Å². The average Bonchev–Trinajstić information content (AvgIpc) is 3.09. The van der Waals surface area contributed by atoms with Crippen molar-refractivity contribution < 1.29 is 9.53 Å². The Kier molecular flexibility index (Phi) is 6.62. The summed E-state index contributed by atoms with van der Waals surface area (Å²) in [4.78, 5) is 16.4. The van der Waals surface area contributed by atoms with Crippen LogP contribution in [0, 0.1) is 0 Å². The third-order valence-corrected chi connectivity index (χ3v) is 5.54. The number of aromatic nitrogens is 1. The second-order valence-corrected chi connectivity index (χ2v) is 7.70. The quantitative estimate of drug-likeness (QED) is 0.356. The molecule has 1 N–H and O–H groups in total. The Morgan fingerprint density at radius 2 is 2.08 bits per heavy atom. The van der Waals surface area contributed by atoms with Crippen molar-refractivity contribution in [3.05, 3.63) is 54.1 Å². The molecule has 3 aromatic rings. The molecule has 26 heavy (non-hydrogen) atoms. The molecule has 0 unspecified atom stereocenters. The Labute approximate surface area is 160 Å². The molecule has 5 nitrogen and oxygen atoms in total. The third-order valence-electron chi connectivity index (χ3n) is 3.36. The van der Waals surface area contributed by atoms with Crippen molar-refractivity contribution in [1.82, 2.24) is 10.4 Å². The average molecular weight is 386 g/mol. The van der Waals surface area contributed by atoms with E-state index < -0.39 is 0 Å². The summed E-state index contributed by atoms with van der Waals surface area (Å²) in [7, 11) is 0. The van der Waals surface area contributed by atoms with Crippen molar-refractivity contribution in [1.29, 1.82) is 0 Å². The van der Waals surface area contributed by atoms with Gasteiger partial charge in [-0.15, -0.1) is 11.3 Å². The standard InChI is InChI=1S/C19H19N3O2S2/c1-2-11-24-15-9-7-14(8-10-15)12-20-22-18(23)13-25-19-21-16-5-3-4-6-17(16)26-19/h3-10,12H,2,11,13H2,1H3,(H,22,23)/b20-12-. The van der Waals surface area contributed by atoms with Gasteiger partial charge in [-0.2, -0.15) is 5.10 Å². The Morgan fingerprint density at radius 1 is 1.27 bits per heavy atom. The van der Waals surface area contributed by atoms with E-state index in [1.54, 1.807) is 17.6 Å². The Balaban J connectivity index is 1.45. The first-order chi connectivity index (χ1) is 12.7. The largest absolute Gasteiger partial charge is 0.494 e. The lowest BCUT2D eigenvalue weighted by Crippen LogP contribution is -2.19. The van der Waals surface area contributed by atoms with E-state index in [-0.39, 0.29) is 11.7 Å². The number of thiazole rings is 1. The summed E-state index contributed by atoms with van der Waals surface area (Å²) >= 11 is 3.00. The number of ether oxygens (including phenoxy) is 1. The van der Waals surface area contributed by atoms with Crippen LogP contribution in [0.15, 0.2) is 58.0 Å². The van der Waals surface area contributed by atoms with Crippen molar-refractivity contribution in [2.45, 2.75) is 17.7 Å². The molecule has 0 saturated heterocycles. The number of para-hydroxylation sites is 1. The van der Waals surface area contributed by atoms with Gasteiger partial charge in [0.2, 0.25) is 0 Å². The monoisotopic (exact) mass is 385 g/mol. The van der Waals surface area contributed by atoms with Crippen LogP contribution in [-0.4, -0.2) is 29.5 Å². The maximum atomic E-state index is 11.9. The molecule has 0 aliphatic rings. The third kappa shape index (κ3) is 5.31. The Bertz CT molecular complexity index is 858. The highest BCUT2D eigenvalue weighted by atomic mass is 32.2. The molecule has 0 atom stereocenters. The summed E-state index contributed by atoms with van der Waals surface area (Å²) in [5.74, 6) is 0.953. The molecule has 1 aromatic heterocycles. The van der Waals surface area contributed by atoms with E-state index in [2.05, 4.69) is 22.4 Å². The summed E-state index contributed by atoms with van der Waals surface area (Å²) in [6.07, 6.45) is 2.59. The lowest BCUT2D eigenvalue weighted by molar-refractivity contribution is -0.118. The van der Waals surface area contributed by atoms with Gasteiger partial charge in [0.05, 0.1) is 28.8 Å². The van der Waals surface area contributed by atoms with Gasteiger partial charge in [0.15, 0.2) is 4.34 Å². The zero-order valence-electron chi connectivity index (χ0n) is 14.3. The molecular weight excluding hydrogens is 366 g/mol. The molecule has 0 bridgehead atoms. The summed E-state index contributed by atoms with van der Waals surface area (Å²) in [5.41, 5.74) is 4.40. The van der Waals surface area contributed by atoms with E-state index in [1.165, 1.54) is 11.8 Å². The summed E-state index contributed by atoms with van der Waals surface area (Å²) in [6.45, 7) is 2.77. The lowest BCUT2D eigenvalue weighted by Gasteiger charge is -2.03. The van der Waals surface area contributed by atoms with Gasteiger partial charge < -0.3 is 4.74 Å². The van der Waals surface area contributed by atoms with Crippen LogP contribution >= 0.6 is 23.1 Å². The predicted octanol–water partition coefficient (Wildman–Crippen LogP) is 4.33. The molecule has 0 radical (unpaired) electrons. The fourth-order valence-corrected chi connectivity index (χ4v) is 3.98. The first-order valence-corrected chi connectivity index (χ1v) is 10.1. The fraction of sp³-hybridized carbons (Fsp3) is 0.211. The minimum Gasteiger partial charge on any atom is -0.494 e. The zero-order valence-corrected chi connectivity index (χ0v) is 16.0. The molecular formula is C19H19N3O2S2. The second kappa shape index (κ2) is 9.35. The highest BCUT2D eigenvalue weighted by Gasteiger charge is 2.06. The van der Waals surface area contributed by atoms with Gasteiger partial charge in [-0.05, 0) is 48.4 Å². The smallest absolute Gasteiger partial charge is 0.250 e. The van der Waals surface area contributed by atoms with Crippen LogP contribution in [0.3, 0.4) is 0 Å². The van der Waals surface area contributed by atoms with E-state index in [9.17, 15) is 4.79 Å². The van der Waals surface area contributed by atoms with Crippen molar-refractivity contribution in [2.75, 3.05) is 12.4 Å². The molecule has 134 valence electrons. The van der Waals surface area contributed by atoms with Crippen molar-refractivity contribution in [3.8, 4) is 5.75 Å². The number of rotatable bonds is 8. The number of carbonyl (C=O) groups excluding carboxylic acids is 1. The highest BCUT2D eigenvalue weighted by molar-refractivity contribution is 8.01. The van der Waals surface area contributed by atoms with Crippen molar-refractivity contribution in [2.24, 2.45) is 5.10 Å². The maximum absolute atomic E-state index is 11.9. The molecule has 1 amide bonds. The number of hydrogen-bond donors (Lipinski definition) is 1. The molecule has 0 fully saturated rings. The number of nitrogens with one attached hydrogen (secondary N) is 1. The van der Waals surface area contributed by atoms with E-state index in [1.807, 2.05) is 48.5 Å².